The zero-order chi connectivity index (χ0) is 32.6. The van der Waals surface area contributed by atoms with Gasteiger partial charge in [0.15, 0.2) is 12.3 Å². The van der Waals surface area contributed by atoms with Crippen LogP contribution in [0.1, 0.15) is 58.3 Å². The van der Waals surface area contributed by atoms with Crippen molar-refractivity contribution in [2.45, 2.75) is 51.4 Å². The van der Waals surface area contributed by atoms with E-state index in [1.165, 1.54) is 30.7 Å². The number of carbonyl (C=O) groups is 2. The van der Waals surface area contributed by atoms with Gasteiger partial charge < -0.3 is 20.4 Å². The maximum absolute atomic E-state index is 13.5. The van der Waals surface area contributed by atoms with Gasteiger partial charge in [0.05, 0.1) is 24.3 Å². The highest BCUT2D eigenvalue weighted by Crippen LogP contribution is 2.33. The van der Waals surface area contributed by atoms with Crippen LogP contribution in [-0.4, -0.2) is 40.7 Å². The van der Waals surface area contributed by atoms with Gasteiger partial charge in [0.2, 0.25) is 5.96 Å². The topological polar surface area (TPSA) is 138 Å². The van der Waals surface area contributed by atoms with Gasteiger partial charge in [-0.25, -0.2) is 9.79 Å². The van der Waals surface area contributed by atoms with Gasteiger partial charge in [0, 0.05) is 11.3 Å². The van der Waals surface area contributed by atoms with Crippen LogP contribution in [0.2, 0.25) is 0 Å². The summed E-state index contributed by atoms with van der Waals surface area (Å²) in [6, 6.07) is 17.4. The summed E-state index contributed by atoms with van der Waals surface area (Å²) in [5, 5.41) is 32.7. The number of hydrogen-bond donors (Lipinski definition) is 4. The van der Waals surface area contributed by atoms with Crippen molar-refractivity contribution in [3.05, 3.63) is 101 Å². The number of aliphatic hydroxyl groups excluding tert-OH is 1. The number of carbonyl (C=O) groups excluding carboxylic acids is 1. The van der Waals surface area contributed by atoms with Gasteiger partial charge in [-0.2, -0.15) is 18.4 Å². The second-order valence-corrected chi connectivity index (χ2v) is 10.6. The highest BCUT2D eigenvalue weighted by atomic mass is 19.4. The molecule has 1 atom stereocenters. The minimum Gasteiger partial charge on any atom is -0.479 e. The number of anilines is 1. The van der Waals surface area contributed by atoms with E-state index < -0.39 is 36.3 Å². The van der Waals surface area contributed by atoms with Crippen molar-refractivity contribution in [1.82, 2.24) is 10.6 Å². The van der Waals surface area contributed by atoms with Gasteiger partial charge >= 0.3 is 12.1 Å². The van der Waals surface area contributed by atoms with Crippen LogP contribution < -0.4 is 15.5 Å². The number of amides is 1. The zero-order valence-corrected chi connectivity index (χ0v) is 24.4. The maximum atomic E-state index is 13.5. The monoisotopic (exact) mass is 619 g/mol. The van der Waals surface area contributed by atoms with Gasteiger partial charge in [-0.05, 0) is 97.3 Å². The molecule has 0 saturated carbocycles. The molecule has 12 heteroatoms. The molecule has 3 aromatic carbocycles. The predicted molar refractivity (Wildman–Crippen MR) is 164 cm³/mol. The molecule has 0 saturated heterocycles. The normalized spacial score (nSPS) is 14.1. The van der Waals surface area contributed by atoms with Gasteiger partial charge in [-0.1, -0.05) is 30.3 Å². The van der Waals surface area contributed by atoms with Crippen molar-refractivity contribution < 1.29 is 33.0 Å². The molecule has 0 unspecified atom stereocenters. The number of nitriles is 1. The first-order chi connectivity index (χ1) is 21.4. The Morgan fingerprint density at radius 3 is 2.38 bits per heavy atom. The first-order valence-electron chi connectivity index (χ1n) is 14.2. The Bertz CT molecular complexity index is 1630. The van der Waals surface area contributed by atoms with Gasteiger partial charge in [0.1, 0.15) is 0 Å². The van der Waals surface area contributed by atoms with E-state index in [1.807, 2.05) is 30.5 Å². The Balaban J connectivity index is 1.69. The molecule has 0 aliphatic heterocycles. The lowest BCUT2D eigenvalue weighted by Crippen LogP contribution is -2.39. The number of benzene rings is 3. The number of allylic oxidation sites excluding steroid dienone is 2. The van der Waals surface area contributed by atoms with Gasteiger partial charge in [-0.15, -0.1) is 0 Å². The van der Waals surface area contributed by atoms with E-state index in [9.17, 15) is 33.1 Å². The minimum atomic E-state index is -4.58. The van der Waals surface area contributed by atoms with E-state index in [4.69, 9.17) is 5.11 Å². The Morgan fingerprint density at radius 2 is 1.78 bits per heavy atom. The molecule has 4 rings (SSSR count). The van der Waals surface area contributed by atoms with Crippen LogP contribution in [0, 0.1) is 18.4 Å². The van der Waals surface area contributed by atoms with E-state index in [1.54, 1.807) is 17.0 Å². The highest BCUT2D eigenvalue weighted by Gasteiger charge is 2.31. The van der Waals surface area contributed by atoms with Crippen LogP contribution in [0.15, 0.2) is 77.8 Å². The fraction of sp³-hybridized carbons (Fsp3) is 0.273. The van der Waals surface area contributed by atoms with Crippen LogP contribution in [0.5, 0.6) is 0 Å². The lowest BCUT2D eigenvalue weighted by Gasteiger charge is -2.26. The quantitative estimate of drug-likeness (QED) is 0.101. The number of hydrogen-bond acceptors (Lipinski definition) is 5. The molecule has 0 heterocycles. The lowest BCUT2D eigenvalue weighted by atomic mass is 9.93. The van der Waals surface area contributed by atoms with E-state index >= 15 is 0 Å². The number of carboxylic acids is 1. The van der Waals surface area contributed by atoms with Crippen molar-refractivity contribution in [2.24, 2.45) is 4.99 Å². The summed E-state index contributed by atoms with van der Waals surface area (Å²) in [7, 11) is 0. The molecular weight excluding hydrogens is 587 g/mol. The molecule has 234 valence electrons. The second-order valence-electron chi connectivity index (χ2n) is 10.6. The third-order valence-corrected chi connectivity index (χ3v) is 7.19. The number of guanidine groups is 1. The molecule has 1 aliphatic carbocycles. The smallest absolute Gasteiger partial charge is 0.416 e. The lowest BCUT2D eigenvalue weighted by molar-refractivity contribution is -0.146. The van der Waals surface area contributed by atoms with E-state index in [-0.39, 0.29) is 23.8 Å². The van der Waals surface area contributed by atoms with Crippen molar-refractivity contribution in [3.8, 4) is 6.19 Å². The molecule has 9 nitrogen and oxygen atoms in total. The molecule has 0 radical (unpaired) electrons. The number of halogens is 3. The van der Waals surface area contributed by atoms with E-state index in [0.717, 1.165) is 43.4 Å². The largest absolute Gasteiger partial charge is 0.479 e. The van der Waals surface area contributed by atoms with Crippen LogP contribution in [0.3, 0.4) is 0 Å². The number of nitrogens with one attached hydrogen (secondary N) is 2. The molecule has 0 aromatic heterocycles. The molecule has 1 amide bonds. The zero-order valence-electron chi connectivity index (χ0n) is 24.4. The number of alkyl halides is 3. The Kier molecular flexibility index (Phi) is 10.6. The van der Waals surface area contributed by atoms with E-state index in [0.29, 0.717) is 16.8 Å². The number of rotatable bonds is 9. The summed E-state index contributed by atoms with van der Waals surface area (Å²) in [6.45, 7) is 1.18. The molecular formula is C33H32F3N5O4. The average molecular weight is 620 g/mol. The Labute approximate surface area is 258 Å². The van der Waals surface area contributed by atoms with Crippen LogP contribution in [0.4, 0.5) is 24.5 Å². The van der Waals surface area contributed by atoms with Crippen LogP contribution in [-0.2, 0) is 17.5 Å². The molecule has 0 fully saturated rings. The Morgan fingerprint density at radius 1 is 1.07 bits per heavy atom. The molecule has 45 heavy (non-hydrogen) atoms. The third-order valence-electron chi connectivity index (χ3n) is 7.19. The summed E-state index contributed by atoms with van der Waals surface area (Å²) in [5.74, 6) is -2.05. The first-order valence-corrected chi connectivity index (χ1v) is 14.2. The molecule has 1 aliphatic rings. The number of aliphatic hydroxyl groups is 1. The summed E-state index contributed by atoms with van der Waals surface area (Å²) in [5.41, 5.74) is 3.30. The van der Waals surface area contributed by atoms with Crippen molar-refractivity contribution in [1.29, 1.82) is 5.26 Å². The van der Waals surface area contributed by atoms with Crippen molar-refractivity contribution in [3.63, 3.8) is 0 Å². The molecule has 0 bridgehead atoms. The summed E-state index contributed by atoms with van der Waals surface area (Å²) in [4.78, 5) is 29.3. The first kappa shape index (κ1) is 32.8. The molecule has 4 N–H and O–H groups in total. The molecule has 3 aromatic rings. The number of nitrogens with zero attached hydrogens (tertiary/aromatic N) is 3. The summed E-state index contributed by atoms with van der Waals surface area (Å²) < 4.78 is 40.6. The fourth-order valence-corrected chi connectivity index (χ4v) is 4.89. The average Bonchev–Trinajstić information content (AvgIpc) is 3.02. The van der Waals surface area contributed by atoms with Gasteiger partial charge in [-0.3, -0.25) is 10.1 Å². The second kappa shape index (κ2) is 14.5. The third kappa shape index (κ3) is 8.93. The van der Waals surface area contributed by atoms with Crippen LogP contribution >= 0.6 is 0 Å². The minimum absolute atomic E-state index is 0.00428. The number of aryl methyl sites for hydroxylation is 1. The van der Waals surface area contributed by atoms with E-state index in [2.05, 4.69) is 21.7 Å². The number of aliphatic carboxylic acids is 1. The van der Waals surface area contributed by atoms with Gasteiger partial charge in [0.25, 0.3) is 5.91 Å². The SMILES string of the molecule is Cc1cc(N=C(NC#N)N(Cc2ccc(C(=O)NC[C@@H](O)C(=O)O)cc2)c2ccc(C3=CCCCC3)cc2)cc(C(F)(F)F)c1. The maximum Gasteiger partial charge on any atom is 0.416 e. The number of aliphatic imine (C=N–C) groups is 1. The Hall–Kier alpha value is -5.15. The predicted octanol–water partition coefficient (Wildman–Crippen LogP) is 5.91. The summed E-state index contributed by atoms with van der Waals surface area (Å²) in [6.07, 6.45) is 1.96. The fourth-order valence-electron chi connectivity index (χ4n) is 4.89. The standard InChI is InChI=1S/C33H32F3N5O4/c1-21-15-26(33(34,35)36)17-27(16-21)40-32(39-20-37)41(28-13-11-24(12-14-28)23-5-3-2-4-6-23)19-22-7-9-25(10-8-22)30(43)38-18-29(42)31(44)45/h5,7-17,29,42H,2-4,6,18-19H2,1H3,(H,38,43)(H,39,40)(H,44,45)/t29-/m1/s1. The molecule has 0 spiro atoms. The van der Waals surface area contributed by atoms with Crippen molar-refractivity contribution >= 4 is 34.8 Å². The highest BCUT2D eigenvalue weighted by molar-refractivity contribution is 5.99. The summed E-state index contributed by atoms with van der Waals surface area (Å²) >= 11 is 0. The number of carboxylic acid groups (broad SMARTS) is 1. The van der Waals surface area contributed by atoms with Crippen LogP contribution in [0.25, 0.3) is 5.57 Å². The van der Waals surface area contributed by atoms with Crippen molar-refractivity contribution in [2.75, 3.05) is 11.4 Å².